The topological polar surface area (TPSA) is 40.1 Å². The van der Waals surface area contributed by atoms with Crippen LogP contribution < -0.4 is 5.11 Å². The van der Waals surface area contributed by atoms with Crippen LogP contribution in [0, 0.1) is 0 Å². The fourth-order valence-corrected chi connectivity index (χ4v) is 1.61. The molecule has 0 spiro atoms. The van der Waals surface area contributed by atoms with Crippen LogP contribution in [0.1, 0.15) is 51.9 Å². The summed E-state index contributed by atoms with van der Waals surface area (Å²) < 4.78 is 0. The van der Waals surface area contributed by atoms with Crippen molar-refractivity contribution in [1.29, 1.82) is 0 Å². The predicted molar refractivity (Wildman–Crippen MR) is 46.8 cm³/mol. The second kappa shape index (κ2) is 8.58. The second-order valence-corrected chi connectivity index (χ2v) is 4.06. The molecule has 81 valence electrons. The van der Waals surface area contributed by atoms with E-state index < -0.39 is 5.97 Å². The zero-order valence-electron chi connectivity index (χ0n) is 8.15. The summed E-state index contributed by atoms with van der Waals surface area (Å²) in [4.78, 5) is 10.1. The zero-order valence-corrected chi connectivity index (χ0v) is 9.09. The summed E-state index contributed by atoms with van der Waals surface area (Å²) in [5.41, 5.74) is 0. The van der Waals surface area contributed by atoms with E-state index >= 15 is 0 Å². The Kier molecular flexibility index (Phi) is 8.57. The van der Waals surface area contributed by atoms with Gasteiger partial charge in [-0.05, 0) is 6.42 Å². The Morgan fingerprint density at radius 3 is 2.08 bits per heavy atom. The van der Waals surface area contributed by atoms with E-state index in [0.29, 0.717) is 11.2 Å². The van der Waals surface area contributed by atoms with E-state index in [0.717, 1.165) is 0 Å². The standard InChI is InChI=1S/C6H11.C4H8O2.Cu/c1-2-4-6-5-3-1;1-2-3-4(5)6;/h1H,2-6H2;2-3H2,1H3,(H,5,6);/q;;+1/p-1. The van der Waals surface area contributed by atoms with E-state index in [9.17, 15) is 9.90 Å². The predicted octanol–water partition coefficient (Wildman–Crippen LogP) is 1.82. The minimum atomic E-state index is -0.961. The summed E-state index contributed by atoms with van der Waals surface area (Å²) in [7, 11) is 0. The minimum absolute atomic E-state index is 0.181. The molecule has 0 aromatic rings. The fourth-order valence-electron chi connectivity index (χ4n) is 1.23. The molecule has 0 amide bonds. The Morgan fingerprint density at radius 2 is 1.92 bits per heavy atom. The summed E-state index contributed by atoms with van der Waals surface area (Å²) in [6.07, 6.45) is 7.61. The Morgan fingerprint density at radius 1 is 1.38 bits per heavy atom. The van der Waals surface area contributed by atoms with Crippen LogP contribution in [0.15, 0.2) is 0 Å². The van der Waals surface area contributed by atoms with Gasteiger partial charge in [0.2, 0.25) is 0 Å². The number of hydrogen-bond acceptors (Lipinski definition) is 2. The van der Waals surface area contributed by atoms with Crippen LogP contribution in [0.25, 0.3) is 0 Å². The second-order valence-electron chi connectivity index (χ2n) is 3.29. The van der Waals surface area contributed by atoms with Crippen molar-refractivity contribution in [3.8, 4) is 0 Å². The summed E-state index contributed by atoms with van der Waals surface area (Å²) in [6.45, 7) is 1.80. The quantitative estimate of drug-likeness (QED) is 0.683. The number of carboxylic acids is 1. The molecule has 1 rings (SSSR count). The van der Waals surface area contributed by atoms with Crippen molar-refractivity contribution in [3.63, 3.8) is 0 Å². The van der Waals surface area contributed by atoms with Gasteiger partial charge in [0.15, 0.2) is 0 Å². The van der Waals surface area contributed by atoms with Crippen molar-refractivity contribution in [3.05, 3.63) is 0 Å². The molecule has 1 fully saturated rings. The van der Waals surface area contributed by atoms with Crippen LogP contribution >= 0.6 is 0 Å². The fraction of sp³-hybridized carbons (Fsp3) is 0.900. The van der Waals surface area contributed by atoms with Crippen LogP contribution in [0.5, 0.6) is 0 Å². The zero-order chi connectivity index (χ0) is 10.1. The molecule has 13 heavy (non-hydrogen) atoms. The molecule has 2 nitrogen and oxygen atoms in total. The molecule has 1 aliphatic rings. The summed E-state index contributed by atoms with van der Waals surface area (Å²) in [5.74, 6) is -0.961. The Balaban J connectivity index is 0.000000226. The van der Waals surface area contributed by atoms with E-state index in [2.05, 4.69) is 0 Å². The van der Waals surface area contributed by atoms with Crippen molar-refractivity contribution in [2.24, 2.45) is 0 Å². The molecule has 1 saturated carbocycles. The molecular formula is C10H18CuO2. The summed E-state index contributed by atoms with van der Waals surface area (Å²) in [5, 5.41) is 9.49. The van der Waals surface area contributed by atoms with Gasteiger partial charge >= 0.3 is 52.9 Å². The third-order valence-electron chi connectivity index (χ3n) is 1.94. The van der Waals surface area contributed by atoms with Crippen LogP contribution in [0.2, 0.25) is 4.82 Å². The van der Waals surface area contributed by atoms with Gasteiger partial charge in [0.25, 0.3) is 0 Å². The van der Waals surface area contributed by atoms with Gasteiger partial charge in [0.1, 0.15) is 0 Å². The van der Waals surface area contributed by atoms with Crippen molar-refractivity contribution < 1.29 is 25.9 Å². The number of carbonyl (C=O) groups is 1. The Bertz CT molecular complexity index is 131. The average molecular weight is 234 g/mol. The molecule has 0 atom stereocenters. The molecular weight excluding hydrogens is 216 g/mol. The van der Waals surface area contributed by atoms with Gasteiger partial charge < -0.3 is 9.90 Å². The maximum atomic E-state index is 9.49. The van der Waals surface area contributed by atoms with Gasteiger partial charge in [-0.2, -0.15) is 0 Å². The van der Waals surface area contributed by atoms with E-state index in [1.54, 1.807) is 6.92 Å². The monoisotopic (exact) mass is 233 g/mol. The first-order valence-corrected chi connectivity index (χ1v) is 5.50. The third-order valence-corrected chi connectivity index (χ3v) is 2.49. The van der Waals surface area contributed by atoms with Crippen molar-refractivity contribution in [2.45, 2.75) is 56.7 Å². The first-order chi connectivity index (χ1) is 6.16. The first kappa shape index (κ1) is 13.0. The molecule has 0 radical (unpaired) electrons. The number of rotatable bonds is 2. The molecule has 0 N–H and O–H groups in total. The van der Waals surface area contributed by atoms with Crippen molar-refractivity contribution >= 4 is 5.97 Å². The maximum absolute atomic E-state index is 9.49. The van der Waals surface area contributed by atoms with Crippen LogP contribution in [-0.2, 0) is 20.8 Å². The SMILES string of the molecule is CCCC(=O)[O-].[Cu+][CH]1CCCCC1. The van der Waals surface area contributed by atoms with Gasteiger partial charge in [-0.1, -0.05) is 13.3 Å². The first-order valence-electron chi connectivity index (χ1n) is 4.96. The van der Waals surface area contributed by atoms with Crippen LogP contribution in [0.3, 0.4) is 0 Å². The van der Waals surface area contributed by atoms with E-state index in [4.69, 9.17) is 16.0 Å². The number of aliphatic carboxylic acids is 1. The van der Waals surface area contributed by atoms with Crippen LogP contribution in [0.4, 0.5) is 0 Å². The molecule has 0 aliphatic heterocycles. The summed E-state index contributed by atoms with van der Waals surface area (Å²) >= 11 is 5.23. The molecule has 3 heteroatoms. The number of hydrogen-bond donors (Lipinski definition) is 0. The molecule has 0 aromatic heterocycles. The molecule has 0 unspecified atom stereocenters. The van der Waals surface area contributed by atoms with Gasteiger partial charge in [-0.15, -0.1) is 0 Å². The van der Waals surface area contributed by atoms with Crippen LogP contribution in [-0.4, -0.2) is 5.97 Å². The molecule has 0 aromatic carbocycles. The molecule has 0 saturated heterocycles. The number of carboxylic acid groups (broad SMARTS) is 1. The third kappa shape index (κ3) is 9.91. The molecule has 0 bridgehead atoms. The normalized spacial score (nSPS) is 17.5. The van der Waals surface area contributed by atoms with Crippen molar-refractivity contribution in [1.82, 2.24) is 0 Å². The van der Waals surface area contributed by atoms with Crippen molar-refractivity contribution in [2.75, 3.05) is 0 Å². The van der Waals surface area contributed by atoms with E-state index in [1.165, 1.54) is 32.1 Å². The number of carbonyl (C=O) groups excluding carboxylic acids is 1. The Hall–Kier alpha value is -0.0105. The summed E-state index contributed by atoms with van der Waals surface area (Å²) in [6, 6.07) is 0. The van der Waals surface area contributed by atoms with Gasteiger partial charge in [0.05, 0.1) is 0 Å². The van der Waals surface area contributed by atoms with Gasteiger partial charge in [-0.3, -0.25) is 0 Å². The van der Waals surface area contributed by atoms with E-state index in [1.807, 2.05) is 0 Å². The Labute approximate surface area is 88.9 Å². The molecule has 0 heterocycles. The molecule has 1 aliphatic carbocycles. The van der Waals surface area contributed by atoms with Gasteiger partial charge in [-0.25, -0.2) is 0 Å². The van der Waals surface area contributed by atoms with E-state index in [-0.39, 0.29) is 6.42 Å². The van der Waals surface area contributed by atoms with Gasteiger partial charge in [0, 0.05) is 5.97 Å². The average Bonchev–Trinajstić information content (AvgIpc) is 2.06.